The van der Waals surface area contributed by atoms with Gasteiger partial charge in [-0.3, -0.25) is 15.0 Å². The Bertz CT molecular complexity index is 702. The summed E-state index contributed by atoms with van der Waals surface area (Å²) in [4.78, 5) is 12.8. The maximum atomic E-state index is 11.2. The van der Waals surface area contributed by atoms with Crippen LogP contribution in [0.15, 0.2) is 72.1 Å². The monoisotopic (exact) mass is 296 g/mol. The molecule has 0 fully saturated rings. The van der Waals surface area contributed by atoms with Crippen molar-refractivity contribution in [3.8, 4) is 0 Å². The minimum atomic E-state index is -0.343. The molecule has 0 saturated carbocycles. The highest BCUT2D eigenvalue weighted by molar-refractivity contribution is 7.15. The largest absolute Gasteiger partial charge is 0.304 e. The van der Waals surface area contributed by atoms with Crippen LogP contribution in [0.1, 0.15) is 0 Å². The third-order valence-corrected chi connectivity index (χ3v) is 3.94. The molecule has 21 heavy (non-hydrogen) atoms. The van der Waals surface area contributed by atoms with Crippen molar-refractivity contribution in [1.29, 1.82) is 0 Å². The van der Waals surface area contributed by atoms with Gasteiger partial charge in [-0.1, -0.05) is 36.4 Å². The van der Waals surface area contributed by atoms with Crippen LogP contribution in [0.5, 0.6) is 0 Å². The Hall–Kier alpha value is -2.66. The molecule has 0 aliphatic rings. The number of hydrogen-bond donors (Lipinski definition) is 0. The normalized spacial score (nSPS) is 10.3. The second kappa shape index (κ2) is 5.76. The Morgan fingerprint density at radius 1 is 0.857 bits per heavy atom. The van der Waals surface area contributed by atoms with E-state index in [0.29, 0.717) is 5.00 Å². The average molecular weight is 296 g/mol. The molecular weight excluding hydrogens is 284 g/mol. The fourth-order valence-electron chi connectivity index (χ4n) is 2.14. The highest BCUT2D eigenvalue weighted by atomic mass is 32.1. The molecule has 0 spiro atoms. The molecule has 0 aliphatic carbocycles. The van der Waals surface area contributed by atoms with Gasteiger partial charge in [0.2, 0.25) is 0 Å². The fraction of sp³-hybridized carbons (Fsp3) is 0. The van der Waals surface area contributed by atoms with Gasteiger partial charge in [0, 0.05) is 17.4 Å². The van der Waals surface area contributed by atoms with E-state index in [2.05, 4.69) is 0 Å². The van der Waals surface area contributed by atoms with Crippen LogP contribution in [0.25, 0.3) is 0 Å². The predicted octanol–water partition coefficient (Wildman–Crippen LogP) is 5.13. The number of thiophene rings is 1. The number of benzene rings is 2. The van der Waals surface area contributed by atoms with Crippen molar-refractivity contribution in [3.63, 3.8) is 0 Å². The summed E-state index contributed by atoms with van der Waals surface area (Å²) in [6, 6.07) is 20.8. The van der Waals surface area contributed by atoms with Crippen LogP contribution in [0.2, 0.25) is 0 Å². The molecule has 0 bridgehead atoms. The van der Waals surface area contributed by atoms with Crippen molar-refractivity contribution in [1.82, 2.24) is 0 Å². The van der Waals surface area contributed by atoms with E-state index in [1.807, 2.05) is 65.6 Å². The minimum Gasteiger partial charge on any atom is -0.296 e. The van der Waals surface area contributed by atoms with Crippen molar-refractivity contribution in [2.75, 3.05) is 4.90 Å². The second-order valence-corrected chi connectivity index (χ2v) is 5.27. The van der Waals surface area contributed by atoms with Crippen LogP contribution >= 0.6 is 11.3 Å². The molecule has 3 rings (SSSR count). The van der Waals surface area contributed by atoms with Gasteiger partial charge in [0.15, 0.2) is 5.00 Å². The molecule has 104 valence electrons. The Morgan fingerprint density at radius 2 is 1.38 bits per heavy atom. The molecular formula is C16H12N2O2S. The smallest absolute Gasteiger partial charge is 0.296 e. The lowest BCUT2D eigenvalue weighted by molar-refractivity contribution is -0.383. The summed E-state index contributed by atoms with van der Waals surface area (Å²) in [5.41, 5.74) is 1.91. The van der Waals surface area contributed by atoms with Gasteiger partial charge >= 0.3 is 5.69 Å². The third kappa shape index (κ3) is 2.64. The van der Waals surface area contributed by atoms with Crippen molar-refractivity contribution in [2.24, 2.45) is 0 Å². The standard InChI is InChI=1S/C16H12N2O2S/c19-18(20)15-11-12-21-16(15)17(13-7-3-1-4-8-13)14-9-5-2-6-10-14/h1-12H. The minimum absolute atomic E-state index is 0.118. The summed E-state index contributed by atoms with van der Waals surface area (Å²) in [5.74, 6) is 0. The maximum Gasteiger partial charge on any atom is 0.304 e. The number of para-hydroxylation sites is 2. The number of anilines is 3. The zero-order valence-corrected chi connectivity index (χ0v) is 11.9. The van der Waals surface area contributed by atoms with E-state index in [9.17, 15) is 10.1 Å². The summed E-state index contributed by atoms with van der Waals surface area (Å²) in [6.07, 6.45) is 0. The molecule has 0 unspecified atom stereocenters. The third-order valence-electron chi connectivity index (χ3n) is 3.05. The lowest BCUT2D eigenvalue weighted by Gasteiger charge is -2.22. The van der Waals surface area contributed by atoms with Crippen molar-refractivity contribution in [3.05, 3.63) is 82.2 Å². The molecule has 0 N–H and O–H groups in total. The first-order valence-electron chi connectivity index (χ1n) is 6.39. The van der Waals surface area contributed by atoms with Crippen molar-refractivity contribution >= 4 is 33.4 Å². The van der Waals surface area contributed by atoms with Gasteiger partial charge in [-0.05, 0) is 29.6 Å². The lowest BCUT2D eigenvalue weighted by atomic mass is 10.2. The van der Waals surface area contributed by atoms with E-state index >= 15 is 0 Å². The highest BCUT2D eigenvalue weighted by Crippen LogP contribution is 2.43. The summed E-state index contributed by atoms with van der Waals surface area (Å²) in [5, 5.41) is 13.6. The lowest BCUT2D eigenvalue weighted by Crippen LogP contribution is -2.09. The molecule has 0 radical (unpaired) electrons. The Morgan fingerprint density at radius 3 is 1.86 bits per heavy atom. The second-order valence-electron chi connectivity index (χ2n) is 4.37. The molecule has 3 aromatic rings. The zero-order valence-electron chi connectivity index (χ0n) is 11.0. The summed E-state index contributed by atoms with van der Waals surface area (Å²) in [6.45, 7) is 0. The molecule has 0 atom stereocenters. The highest BCUT2D eigenvalue weighted by Gasteiger charge is 2.23. The Kier molecular flexibility index (Phi) is 3.66. The Labute approximate surface area is 126 Å². The van der Waals surface area contributed by atoms with E-state index in [4.69, 9.17) is 0 Å². The van der Waals surface area contributed by atoms with E-state index in [0.717, 1.165) is 11.4 Å². The van der Waals surface area contributed by atoms with E-state index in [1.54, 1.807) is 11.4 Å². The van der Waals surface area contributed by atoms with Crippen LogP contribution in [0.4, 0.5) is 22.1 Å². The van der Waals surface area contributed by atoms with Gasteiger partial charge in [0.1, 0.15) is 0 Å². The van der Waals surface area contributed by atoms with Crippen LogP contribution in [0.3, 0.4) is 0 Å². The summed E-state index contributed by atoms with van der Waals surface area (Å²) < 4.78 is 0. The van der Waals surface area contributed by atoms with E-state index in [1.165, 1.54) is 11.3 Å². The average Bonchev–Trinajstić information content (AvgIpc) is 2.99. The van der Waals surface area contributed by atoms with Gasteiger partial charge in [0.25, 0.3) is 0 Å². The van der Waals surface area contributed by atoms with Gasteiger partial charge in [-0.15, -0.1) is 11.3 Å². The van der Waals surface area contributed by atoms with Gasteiger partial charge in [0.05, 0.1) is 4.92 Å². The molecule has 0 aliphatic heterocycles. The first kappa shape index (κ1) is 13.3. The molecule has 5 heteroatoms. The van der Waals surface area contributed by atoms with Crippen LogP contribution < -0.4 is 4.90 Å². The van der Waals surface area contributed by atoms with Crippen LogP contribution in [-0.2, 0) is 0 Å². The first-order chi connectivity index (χ1) is 10.3. The number of rotatable bonds is 4. The summed E-state index contributed by atoms with van der Waals surface area (Å²) in [7, 11) is 0. The van der Waals surface area contributed by atoms with E-state index in [-0.39, 0.29) is 10.6 Å². The molecule has 1 aromatic heterocycles. The van der Waals surface area contributed by atoms with Crippen LogP contribution in [0, 0.1) is 10.1 Å². The number of hydrogen-bond acceptors (Lipinski definition) is 4. The molecule has 2 aromatic carbocycles. The molecule has 0 amide bonds. The first-order valence-corrected chi connectivity index (χ1v) is 7.27. The zero-order chi connectivity index (χ0) is 14.7. The molecule has 4 nitrogen and oxygen atoms in total. The SMILES string of the molecule is O=[N+]([O-])c1ccsc1N(c1ccccc1)c1ccccc1. The maximum absolute atomic E-state index is 11.2. The van der Waals surface area contributed by atoms with Gasteiger partial charge in [-0.2, -0.15) is 0 Å². The quantitative estimate of drug-likeness (QED) is 0.495. The van der Waals surface area contributed by atoms with Crippen molar-refractivity contribution in [2.45, 2.75) is 0 Å². The van der Waals surface area contributed by atoms with Crippen LogP contribution in [-0.4, -0.2) is 4.92 Å². The fourth-order valence-corrected chi connectivity index (χ4v) is 3.04. The topological polar surface area (TPSA) is 46.4 Å². The van der Waals surface area contributed by atoms with Gasteiger partial charge in [-0.25, -0.2) is 0 Å². The predicted molar refractivity (Wildman–Crippen MR) is 85.7 cm³/mol. The molecule has 0 saturated heterocycles. The molecule has 1 heterocycles. The number of nitro groups is 1. The summed E-state index contributed by atoms with van der Waals surface area (Å²) >= 11 is 1.36. The van der Waals surface area contributed by atoms with Gasteiger partial charge < -0.3 is 0 Å². The van der Waals surface area contributed by atoms with E-state index < -0.39 is 0 Å². The Balaban J connectivity index is 2.18. The van der Waals surface area contributed by atoms with Crippen molar-refractivity contribution < 1.29 is 4.92 Å². The number of nitrogens with zero attached hydrogens (tertiary/aromatic N) is 2.